The fourth-order valence-electron chi connectivity index (χ4n) is 2.39. The number of rotatable bonds is 7. The fraction of sp³-hybridized carbons (Fsp3) is 0.263. The van der Waals surface area contributed by atoms with Gasteiger partial charge in [-0.25, -0.2) is 0 Å². The van der Waals surface area contributed by atoms with Crippen LogP contribution in [-0.2, 0) is 27.2 Å². The summed E-state index contributed by atoms with van der Waals surface area (Å²) in [4.78, 5) is 23.5. The molecule has 0 saturated carbocycles. The molecule has 3 N–H and O–H groups in total. The number of benzene rings is 2. The van der Waals surface area contributed by atoms with Crippen molar-refractivity contribution in [1.29, 1.82) is 0 Å². The molecular formula is C19H21NO5. The van der Waals surface area contributed by atoms with Crippen LogP contribution in [0.2, 0.25) is 0 Å². The van der Waals surface area contributed by atoms with Crippen LogP contribution in [-0.4, -0.2) is 29.2 Å². The molecule has 0 atom stereocenters. The minimum atomic E-state index is -0.298. The number of hydrogen-bond donors (Lipinski definition) is 3. The Balaban J connectivity index is 1.93. The van der Waals surface area contributed by atoms with E-state index in [1.807, 2.05) is 18.2 Å². The van der Waals surface area contributed by atoms with Crippen LogP contribution < -0.4 is 5.32 Å². The van der Waals surface area contributed by atoms with Gasteiger partial charge < -0.3 is 20.3 Å². The largest absolute Gasteiger partial charge is 0.504 e. The number of aromatic hydroxyl groups is 2. The van der Waals surface area contributed by atoms with Crippen LogP contribution in [0.1, 0.15) is 24.0 Å². The summed E-state index contributed by atoms with van der Waals surface area (Å²) in [6.45, 7) is 0. The van der Waals surface area contributed by atoms with Gasteiger partial charge in [-0.2, -0.15) is 0 Å². The average Bonchev–Trinajstić information content (AvgIpc) is 2.61. The number of phenols is 2. The van der Waals surface area contributed by atoms with Crippen molar-refractivity contribution in [2.24, 2.45) is 0 Å². The van der Waals surface area contributed by atoms with Crippen molar-refractivity contribution >= 4 is 17.6 Å². The minimum absolute atomic E-state index is 0.168. The van der Waals surface area contributed by atoms with Crippen molar-refractivity contribution in [3.05, 3.63) is 53.6 Å². The lowest BCUT2D eigenvalue weighted by Gasteiger charge is -2.11. The molecule has 0 spiro atoms. The summed E-state index contributed by atoms with van der Waals surface area (Å²) in [5.74, 6) is -0.856. The number of phenolic OH excluding ortho intramolecular Hbond substituents is 2. The number of aryl methyl sites for hydroxylation is 2. The summed E-state index contributed by atoms with van der Waals surface area (Å²) >= 11 is 0. The van der Waals surface area contributed by atoms with Gasteiger partial charge >= 0.3 is 5.97 Å². The van der Waals surface area contributed by atoms with Gasteiger partial charge in [-0.15, -0.1) is 0 Å². The van der Waals surface area contributed by atoms with E-state index in [1.165, 1.54) is 19.2 Å². The zero-order valence-corrected chi connectivity index (χ0v) is 14.0. The Bertz CT molecular complexity index is 757. The molecule has 0 aliphatic heterocycles. The van der Waals surface area contributed by atoms with E-state index in [0.29, 0.717) is 18.5 Å². The minimum Gasteiger partial charge on any atom is -0.504 e. The van der Waals surface area contributed by atoms with Crippen molar-refractivity contribution in [3.63, 3.8) is 0 Å². The third kappa shape index (κ3) is 5.53. The summed E-state index contributed by atoms with van der Waals surface area (Å²) in [6.07, 6.45) is 1.39. The summed E-state index contributed by atoms with van der Waals surface area (Å²) < 4.78 is 4.63. The van der Waals surface area contributed by atoms with Crippen molar-refractivity contribution in [3.8, 4) is 11.5 Å². The van der Waals surface area contributed by atoms with Gasteiger partial charge in [0.2, 0.25) is 5.91 Å². The second-order valence-corrected chi connectivity index (χ2v) is 5.60. The van der Waals surface area contributed by atoms with Gasteiger partial charge in [0, 0.05) is 18.5 Å². The number of anilines is 1. The van der Waals surface area contributed by atoms with E-state index in [1.54, 1.807) is 12.1 Å². The molecule has 0 unspecified atom stereocenters. The third-order valence-corrected chi connectivity index (χ3v) is 3.80. The highest BCUT2D eigenvalue weighted by Crippen LogP contribution is 2.25. The maximum atomic E-state index is 12.2. The van der Waals surface area contributed by atoms with Gasteiger partial charge in [0.25, 0.3) is 0 Å². The number of ether oxygens (including phenoxy) is 1. The Kier molecular flexibility index (Phi) is 6.39. The van der Waals surface area contributed by atoms with E-state index in [9.17, 15) is 19.8 Å². The average molecular weight is 343 g/mol. The Hall–Kier alpha value is -3.02. The first-order valence-electron chi connectivity index (χ1n) is 7.95. The lowest BCUT2D eigenvalue weighted by Crippen LogP contribution is -2.14. The van der Waals surface area contributed by atoms with Gasteiger partial charge in [-0.05, 0) is 42.2 Å². The molecular weight excluding hydrogens is 322 g/mol. The molecule has 6 heteroatoms. The molecule has 132 valence electrons. The highest BCUT2D eigenvalue weighted by molar-refractivity contribution is 5.91. The predicted octanol–water partition coefficient (Wildman–Crippen LogP) is 2.77. The zero-order chi connectivity index (χ0) is 18.2. The Morgan fingerprint density at radius 2 is 1.76 bits per heavy atom. The van der Waals surface area contributed by atoms with Crippen LogP contribution in [0.3, 0.4) is 0 Å². The lowest BCUT2D eigenvalue weighted by molar-refractivity contribution is -0.140. The molecule has 1 amide bonds. The van der Waals surface area contributed by atoms with Crippen LogP contribution in [0.15, 0.2) is 42.5 Å². The maximum Gasteiger partial charge on any atom is 0.305 e. The normalized spacial score (nSPS) is 10.3. The van der Waals surface area contributed by atoms with E-state index in [2.05, 4.69) is 10.1 Å². The third-order valence-electron chi connectivity index (χ3n) is 3.80. The summed E-state index contributed by atoms with van der Waals surface area (Å²) in [5.41, 5.74) is 2.29. The fourth-order valence-corrected chi connectivity index (χ4v) is 2.39. The topological polar surface area (TPSA) is 95.9 Å². The molecule has 0 aromatic heterocycles. The van der Waals surface area contributed by atoms with Crippen molar-refractivity contribution in [2.45, 2.75) is 25.7 Å². The molecule has 2 rings (SSSR count). The molecule has 0 aliphatic rings. The summed E-state index contributed by atoms with van der Waals surface area (Å²) in [7, 11) is 1.34. The predicted molar refractivity (Wildman–Crippen MR) is 93.5 cm³/mol. The number of hydrogen-bond acceptors (Lipinski definition) is 5. The van der Waals surface area contributed by atoms with Gasteiger partial charge in [0.05, 0.1) is 7.11 Å². The van der Waals surface area contributed by atoms with Gasteiger partial charge in [-0.3, -0.25) is 9.59 Å². The van der Waals surface area contributed by atoms with Crippen molar-refractivity contribution in [1.82, 2.24) is 0 Å². The number of methoxy groups -OCH3 is 1. The number of amides is 1. The monoisotopic (exact) mass is 343 g/mol. The molecule has 0 fully saturated rings. The second-order valence-electron chi connectivity index (χ2n) is 5.60. The Morgan fingerprint density at radius 1 is 1.00 bits per heavy atom. The number of para-hydroxylation sites is 1. The molecule has 0 radical (unpaired) electrons. The Morgan fingerprint density at radius 3 is 2.48 bits per heavy atom. The van der Waals surface area contributed by atoms with E-state index in [0.717, 1.165) is 11.1 Å². The van der Waals surface area contributed by atoms with Crippen LogP contribution >= 0.6 is 0 Å². The quantitative estimate of drug-likeness (QED) is 0.531. The van der Waals surface area contributed by atoms with Crippen LogP contribution in [0.4, 0.5) is 5.69 Å². The first kappa shape index (κ1) is 18.3. The van der Waals surface area contributed by atoms with Gasteiger partial charge in [0.1, 0.15) is 0 Å². The van der Waals surface area contributed by atoms with Gasteiger partial charge in [-0.1, -0.05) is 24.3 Å². The standard InChI is InChI=1S/C19H21NO5/c1-25-19(24)11-8-14-4-2-3-5-15(14)20-18(23)10-7-13-6-9-16(21)17(22)12-13/h2-6,9,12,21-22H,7-8,10-11H2,1H3,(H,20,23). The molecule has 25 heavy (non-hydrogen) atoms. The molecule has 0 bridgehead atoms. The van der Waals surface area contributed by atoms with Crippen LogP contribution in [0.25, 0.3) is 0 Å². The molecule has 0 heterocycles. The van der Waals surface area contributed by atoms with Crippen molar-refractivity contribution < 1.29 is 24.5 Å². The molecule has 0 saturated heterocycles. The number of esters is 1. The SMILES string of the molecule is COC(=O)CCc1ccccc1NC(=O)CCc1ccc(O)c(O)c1. The second kappa shape index (κ2) is 8.73. The number of carbonyl (C=O) groups is 2. The van der Waals surface area contributed by atoms with E-state index >= 15 is 0 Å². The molecule has 2 aromatic carbocycles. The first-order chi connectivity index (χ1) is 12.0. The van der Waals surface area contributed by atoms with E-state index in [-0.39, 0.29) is 36.2 Å². The molecule has 6 nitrogen and oxygen atoms in total. The molecule has 0 aliphatic carbocycles. The maximum absolute atomic E-state index is 12.2. The zero-order valence-electron chi connectivity index (χ0n) is 14.0. The van der Waals surface area contributed by atoms with Crippen LogP contribution in [0.5, 0.6) is 11.5 Å². The lowest BCUT2D eigenvalue weighted by atomic mass is 10.1. The van der Waals surface area contributed by atoms with E-state index in [4.69, 9.17) is 0 Å². The Labute approximate surface area is 146 Å². The first-order valence-corrected chi connectivity index (χ1v) is 7.95. The number of nitrogens with one attached hydrogen (secondary N) is 1. The van der Waals surface area contributed by atoms with Crippen LogP contribution in [0, 0.1) is 0 Å². The molecule has 2 aromatic rings. The highest BCUT2D eigenvalue weighted by atomic mass is 16.5. The van der Waals surface area contributed by atoms with Gasteiger partial charge in [0.15, 0.2) is 11.5 Å². The highest BCUT2D eigenvalue weighted by Gasteiger charge is 2.09. The van der Waals surface area contributed by atoms with Crippen molar-refractivity contribution in [2.75, 3.05) is 12.4 Å². The summed E-state index contributed by atoms with van der Waals surface area (Å²) in [6, 6.07) is 11.8. The smallest absolute Gasteiger partial charge is 0.305 e. The summed E-state index contributed by atoms with van der Waals surface area (Å²) in [5, 5.41) is 21.6. The van der Waals surface area contributed by atoms with E-state index < -0.39 is 0 Å². The number of carbonyl (C=O) groups excluding carboxylic acids is 2.